The number of furan rings is 1. The molecule has 0 saturated heterocycles. The lowest BCUT2D eigenvalue weighted by Gasteiger charge is -2.19. The normalized spacial score (nSPS) is 20.4. The van der Waals surface area contributed by atoms with Gasteiger partial charge in [0.1, 0.15) is 0 Å². The third-order valence-corrected chi connectivity index (χ3v) is 3.88. The SMILES string of the molecule is C[Si](C)(C)OC1=CC(CCc2ccoc2)CC1. The molecule has 0 spiro atoms. The van der Waals surface area contributed by atoms with Gasteiger partial charge < -0.3 is 8.84 Å². The fourth-order valence-corrected chi connectivity index (χ4v) is 3.21. The second kappa shape index (κ2) is 5.13. The fourth-order valence-electron chi connectivity index (χ4n) is 2.25. The van der Waals surface area contributed by atoms with Crippen molar-refractivity contribution in [1.29, 1.82) is 0 Å². The van der Waals surface area contributed by atoms with E-state index in [1.807, 2.05) is 6.26 Å². The Morgan fingerprint density at radius 1 is 1.41 bits per heavy atom. The van der Waals surface area contributed by atoms with Crippen molar-refractivity contribution in [2.45, 2.75) is 45.3 Å². The van der Waals surface area contributed by atoms with Crippen LogP contribution in [0.1, 0.15) is 24.8 Å². The molecule has 2 rings (SSSR count). The third-order valence-electron chi connectivity index (χ3n) is 3.00. The number of rotatable bonds is 5. The maximum Gasteiger partial charge on any atom is 0.241 e. The van der Waals surface area contributed by atoms with E-state index in [1.54, 1.807) is 6.26 Å². The van der Waals surface area contributed by atoms with Gasteiger partial charge in [-0.1, -0.05) is 0 Å². The molecule has 0 aliphatic heterocycles. The molecule has 1 unspecified atom stereocenters. The van der Waals surface area contributed by atoms with Crippen molar-refractivity contribution in [1.82, 2.24) is 0 Å². The molecule has 94 valence electrons. The first-order valence-corrected chi connectivity index (χ1v) is 9.84. The van der Waals surface area contributed by atoms with Crippen LogP contribution in [0.5, 0.6) is 0 Å². The van der Waals surface area contributed by atoms with Crippen molar-refractivity contribution >= 4 is 8.32 Å². The summed E-state index contributed by atoms with van der Waals surface area (Å²) < 4.78 is 11.1. The van der Waals surface area contributed by atoms with E-state index in [2.05, 4.69) is 31.8 Å². The van der Waals surface area contributed by atoms with Crippen LogP contribution in [0.3, 0.4) is 0 Å². The summed E-state index contributed by atoms with van der Waals surface area (Å²) in [6.45, 7) is 6.73. The highest BCUT2D eigenvalue weighted by Gasteiger charge is 2.22. The molecule has 1 aromatic rings. The van der Waals surface area contributed by atoms with Crippen molar-refractivity contribution in [3.63, 3.8) is 0 Å². The third kappa shape index (κ3) is 4.08. The van der Waals surface area contributed by atoms with Crippen LogP contribution in [0.25, 0.3) is 0 Å². The van der Waals surface area contributed by atoms with Gasteiger partial charge >= 0.3 is 0 Å². The summed E-state index contributed by atoms with van der Waals surface area (Å²) in [5, 5.41) is 0. The van der Waals surface area contributed by atoms with Gasteiger partial charge in [-0.25, -0.2) is 0 Å². The molecule has 1 heterocycles. The quantitative estimate of drug-likeness (QED) is 0.725. The first-order chi connectivity index (χ1) is 8.03. The van der Waals surface area contributed by atoms with Gasteiger partial charge in [0.15, 0.2) is 0 Å². The monoisotopic (exact) mass is 250 g/mol. The number of aryl methyl sites for hydroxylation is 1. The van der Waals surface area contributed by atoms with Crippen LogP contribution in [0.15, 0.2) is 34.8 Å². The van der Waals surface area contributed by atoms with Gasteiger partial charge in [0.25, 0.3) is 0 Å². The molecule has 0 radical (unpaired) electrons. The lowest BCUT2D eigenvalue weighted by molar-refractivity contribution is 0.407. The van der Waals surface area contributed by atoms with Crippen LogP contribution in [0, 0.1) is 5.92 Å². The molecule has 0 saturated carbocycles. The van der Waals surface area contributed by atoms with Crippen LogP contribution in [0.2, 0.25) is 19.6 Å². The van der Waals surface area contributed by atoms with E-state index in [0.717, 1.165) is 12.8 Å². The van der Waals surface area contributed by atoms with E-state index in [1.165, 1.54) is 24.2 Å². The molecule has 1 aliphatic carbocycles. The zero-order valence-electron chi connectivity index (χ0n) is 11.0. The van der Waals surface area contributed by atoms with Gasteiger partial charge in [-0.2, -0.15) is 0 Å². The van der Waals surface area contributed by atoms with Crippen LogP contribution in [0.4, 0.5) is 0 Å². The highest BCUT2D eigenvalue weighted by atomic mass is 28.4. The second-order valence-electron chi connectivity index (χ2n) is 5.82. The van der Waals surface area contributed by atoms with Gasteiger partial charge in [0, 0.05) is 6.42 Å². The lowest BCUT2D eigenvalue weighted by atomic mass is 10.0. The minimum atomic E-state index is -1.41. The van der Waals surface area contributed by atoms with Crippen molar-refractivity contribution in [3.8, 4) is 0 Å². The molecule has 1 aromatic heterocycles. The Balaban J connectivity index is 1.80. The Hall–Kier alpha value is -0.963. The summed E-state index contributed by atoms with van der Waals surface area (Å²) in [5.41, 5.74) is 1.30. The molecule has 0 N–H and O–H groups in total. The topological polar surface area (TPSA) is 22.4 Å². The molecule has 2 nitrogen and oxygen atoms in total. The van der Waals surface area contributed by atoms with Gasteiger partial charge in [0.2, 0.25) is 8.32 Å². The number of hydrogen-bond acceptors (Lipinski definition) is 2. The first kappa shape index (κ1) is 12.5. The molecule has 0 bridgehead atoms. The smallest absolute Gasteiger partial charge is 0.241 e. The zero-order chi connectivity index (χ0) is 12.3. The van der Waals surface area contributed by atoms with Crippen molar-refractivity contribution in [3.05, 3.63) is 36.0 Å². The molecule has 17 heavy (non-hydrogen) atoms. The Bertz CT molecular complexity index is 373. The highest BCUT2D eigenvalue weighted by molar-refractivity contribution is 6.70. The first-order valence-electron chi connectivity index (χ1n) is 6.44. The second-order valence-corrected chi connectivity index (χ2v) is 10.2. The molecule has 1 aliphatic rings. The lowest BCUT2D eigenvalue weighted by Crippen LogP contribution is -2.24. The summed E-state index contributed by atoms with van der Waals surface area (Å²) in [6.07, 6.45) is 10.6. The molecule has 1 atom stereocenters. The summed E-state index contributed by atoms with van der Waals surface area (Å²) in [4.78, 5) is 0. The zero-order valence-corrected chi connectivity index (χ0v) is 12.0. The van der Waals surface area contributed by atoms with Crippen LogP contribution in [-0.2, 0) is 10.8 Å². The predicted molar refractivity (Wildman–Crippen MR) is 72.3 cm³/mol. The maximum absolute atomic E-state index is 6.05. The largest absolute Gasteiger partial charge is 0.548 e. The van der Waals surface area contributed by atoms with E-state index >= 15 is 0 Å². The molecule has 0 fully saturated rings. The summed E-state index contributed by atoms with van der Waals surface area (Å²) in [6, 6.07) is 2.05. The predicted octanol–water partition coefficient (Wildman–Crippen LogP) is 4.36. The van der Waals surface area contributed by atoms with Crippen LogP contribution in [-0.4, -0.2) is 8.32 Å². The van der Waals surface area contributed by atoms with E-state index in [9.17, 15) is 0 Å². The van der Waals surface area contributed by atoms with Crippen LogP contribution >= 0.6 is 0 Å². The standard InChI is InChI=1S/C14H22O2Si/c1-17(2,3)16-14-7-6-12(10-14)4-5-13-8-9-15-11-13/h8-12H,4-7H2,1-3H3. The van der Waals surface area contributed by atoms with Crippen molar-refractivity contribution < 1.29 is 8.84 Å². The number of allylic oxidation sites excluding steroid dienone is 2. The minimum Gasteiger partial charge on any atom is -0.548 e. The van der Waals surface area contributed by atoms with E-state index in [-0.39, 0.29) is 0 Å². The highest BCUT2D eigenvalue weighted by Crippen LogP contribution is 2.30. The van der Waals surface area contributed by atoms with Gasteiger partial charge in [-0.15, -0.1) is 0 Å². The van der Waals surface area contributed by atoms with E-state index in [0.29, 0.717) is 5.92 Å². The maximum atomic E-state index is 6.05. The summed E-state index contributed by atoms with van der Waals surface area (Å²) in [5.74, 6) is 1.93. The van der Waals surface area contributed by atoms with Gasteiger partial charge in [0.05, 0.1) is 18.3 Å². The van der Waals surface area contributed by atoms with E-state index in [4.69, 9.17) is 8.84 Å². The minimum absolute atomic E-state index is 0.691. The molecule has 0 aromatic carbocycles. The Kier molecular flexibility index (Phi) is 3.77. The average molecular weight is 250 g/mol. The van der Waals surface area contributed by atoms with E-state index < -0.39 is 8.32 Å². The molecule has 3 heteroatoms. The molecular weight excluding hydrogens is 228 g/mol. The van der Waals surface area contributed by atoms with Gasteiger partial charge in [-0.05, 0) is 62.5 Å². The van der Waals surface area contributed by atoms with Crippen molar-refractivity contribution in [2.24, 2.45) is 5.92 Å². The fraction of sp³-hybridized carbons (Fsp3) is 0.571. The Morgan fingerprint density at radius 2 is 2.24 bits per heavy atom. The summed E-state index contributed by atoms with van der Waals surface area (Å²) in [7, 11) is -1.41. The molecular formula is C14H22O2Si. The van der Waals surface area contributed by atoms with Crippen molar-refractivity contribution in [2.75, 3.05) is 0 Å². The molecule has 0 amide bonds. The van der Waals surface area contributed by atoms with Crippen LogP contribution < -0.4 is 0 Å². The summed E-state index contributed by atoms with van der Waals surface area (Å²) >= 11 is 0. The average Bonchev–Trinajstić information content (AvgIpc) is 2.82. The Morgan fingerprint density at radius 3 is 2.88 bits per heavy atom. The Labute approximate surface area is 105 Å². The number of hydrogen-bond donors (Lipinski definition) is 0. The van der Waals surface area contributed by atoms with Gasteiger partial charge in [-0.3, -0.25) is 0 Å².